The van der Waals surface area contributed by atoms with Gasteiger partial charge in [-0.15, -0.1) is 0 Å². The maximum atomic E-state index is 13.2. The molecule has 148 valence electrons. The minimum absolute atomic E-state index is 0.167. The third kappa shape index (κ3) is 4.13. The topological polar surface area (TPSA) is 47.6 Å². The zero-order valence-electron chi connectivity index (χ0n) is 13.9. The largest absolute Gasteiger partial charge is 0.496 e. The number of benzene rings is 1. The molecule has 0 saturated heterocycles. The van der Waals surface area contributed by atoms with E-state index >= 15 is 0 Å². The van der Waals surface area contributed by atoms with Crippen molar-refractivity contribution in [2.24, 2.45) is 0 Å². The molecule has 11 heteroatoms. The Kier molecular flexibility index (Phi) is 6.37. The zero-order chi connectivity index (χ0) is 20.3. The molecule has 0 spiro atoms. The molecule has 0 unspecified atom stereocenters. The van der Waals surface area contributed by atoms with E-state index in [9.17, 15) is 35.5 Å². The Morgan fingerprint density at radius 2 is 1.54 bits per heavy atom. The van der Waals surface area contributed by atoms with Crippen LogP contribution in [0.3, 0.4) is 0 Å². The van der Waals surface area contributed by atoms with E-state index in [2.05, 4.69) is 0 Å². The highest BCUT2D eigenvalue weighted by atomic mass is 19.4. The van der Waals surface area contributed by atoms with Gasteiger partial charge in [0.1, 0.15) is 11.5 Å². The second kappa shape index (κ2) is 7.58. The maximum absolute atomic E-state index is 13.2. The van der Waals surface area contributed by atoms with Crippen molar-refractivity contribution in [3.05, 3.63) is 23.3 Å². The first-order valence-electron chi connectivity index (χ1n) is 7.11. The Hall–Kier alpha value is -2.20. The number of nitrogens with one attached hydrogen (secondary N) is 1. The minimum Gasteiger partial charge on any atom is -0.496 e. The number of hydrogen-bond donors (Lipinski definition) is 1. The maximum Gasteiger partial charge on any atom is 0.460 e. The third-order valence-electron chi connectivity index (χ3n) is 3.51. The van der Waals surface area contributed by atoms with Crippen LogP contribution in [0, 0.1) is 6.92 Å². The van der Waals surface area contributed by atoms with Gasteiger partial charge in [0.25, 0.3) is 5.91 Å². The van der Waals surface area contributed by atoms with Crippen LogP contribution in [0.1, 0.15) is 11.1 Å². The van der Waals surface area contributed by atoms with Crippen LogP contribution < -0.4 is 14.8 Å². The highest BCUT2D eigenvalue weighted by Gasteiger charge is 2.76. The summed E-state index contributed by atoms with van der Waals surface area (Å²) in [5.74, 6) is -14.4. The van der Waals surface area contributed by atoms with Crippen molar-refractivity contribution in [2.45, 2.75) is 31.4 Å². The Morgan fingerprint density at radius 3 is 2.00 bits per heavy atom. The summed E-state index contributed by atoms with van der Waals surface area (Å²) in [6.45, 7) is 1.08. The molecule has 0 bridgehead atoms. The van der Waals surface area contributed by atoms with Crippen LogP contribution in [0.2, 0.25) is 0 Å². The van der Waals surface area contributed by atoms with Crippen molar-refractivity contribution in [3.63, 3.8) is 0 Å². The molecule has 1 N–H and O–H groups in total. The van der Waals surface area contributed by atoms with Crippen LogP contribution in [0.4, 0.5) is 30.7 Å². The lowest BCUT2D eigenvalue weighted by atomic mass is 10.1. The number of hydrogen-bond acceptors (Lipinski definition) is 3. The van der Waals surface area contributed by atoms with E-state index in [-0.39, 0.29) is 6.42 Å². The molecule has 0 heterocycles. The lowest BCUT2D eigenvalue weighted by molar-refractivity contribution is -0.344. The summed E-state index contributed by atoms with van der Waals surface area (Å²) >= 11 is 0. The lowest BCUT2D eigenvalue weighted by Gasteiger charge is -2.27. The number of carbonyl (C=O) groups excluding carboxylic acids is 1. The first kappa shape index (κ1) is 21.8. The van der Waals surface area contributed by atoms with E-state index in [0.29, 0.717) is 22.6 Å². The molecule has 0 fully saturated rings. The van der Waals surface area contributed by atoms with E-state index in [1.54, 1.807) is 13.0 Å². The van der Waals surface area contributed by atoms with Crippen molar-refractivity contribution in [2.75, 3.05) is 20.8 Å². The molecule has 0 aliphatic rings. The molecule has 0 saturated carbocycles. The van der Waals surface area contributed by atoms with Crippen LogP contribution in [0.5, 0.6) is 11.5 Å². The van der Waals surface area contributed by atoms with Crippen LogP contribution >= 0.6 is 0 Å². The molecule has 1 aromatic rings. The summed E-state index contributed by atoms with van der Waals surface area (Å²) in [6.07, 6.45) is -6.74. The molecule has 0 aliphatic carbocycles. The molecule has 0 atom stereocenters. The molecular formula is C15H16F7NO3. The SMILES string of the molecule is COc1cc(CCNC(=O)C(F)(F)C(F)(F)C(F)(F)F)c(OC)cc1C. The summed E-state index contributed by atoms with van der Waals surface area (Å²) in [5, 5.41) is 1.39. The van der Waals surface area contributed by atoms with Crippen LogP contribution in [-0.4, -0.2) is 44.7 Å². The lowest BCUT2D eigenvalue weighted by Crippen LogP contribution is -2.59. The van der Waals surface area contributed by atoms with E-state index < -0.39 is 30.5 Å². The summed E-state index contributed by atoms with van der Waals surface area (Å²) < 4.78 is 98.3. The molecule has 0 radical (unpaired) electrons. The van der Waals surface area contributed by atoms with Gasteiger partial charge in [0.15, 0.2) is 0 Å². The first-order valence-corrected chi connectivity index (χ1v) is 7.11. The van der Waals surface area contributed by atoms with Gasteiger partial charge in [-0.25, -0.2) is 0 Å². The number of methoxy groups -OCH3 is 2. The smallest absolute Gasteiger partial charge is 0.460 e. The van der Waals surface area contributed by atoms with E-state index in [4.69, 9.17) is 9.47 Å². The average molecular weight is 391 g/mol. The zero-order valence-corrected chi connectivity index (χ0v) is 13.9. The summed E-state index contributed by atoms with van der Waals surface area (Å²) in [7, 11) is 2.70. The van der Waals surface area contributed by atoms with Gasteiger partial charge >= 0.3 is 18.0 Å². The van der Waals surface area contributed by atoms with Gasteiger partial charge in [0, 0.05) is 6.54 Å². The van der Waals surface area contributed by atoms with Gasteiger partial charge in [-0.3, -0.25) is 4.79 Å². The van der Waals surface area contributed by atoms with E-state index in [0.717, 1.165) is 0 Å². The third-order valence-corrected chi connectivity index (χ3v) is 3.51. The summed E-state index contributed by atoms with van der Waals surface area (Å²) in [4.78, 5) is 11.2. The number of rotatable bonds is 7. The minimum atomic E-state index is -6.57. The predicted molar refractivity (Wildman–Crippen MR) is 76.9 cm³/mol. The average Bonchev–Trinajstić information content (AvgIpc) is 2.54. The molecule has 0 aromatic heterocycles. The van der Waals surface area contributed by atoms with Crippen LogP contribution in [-0.2, 0) is 11.2 Å². The number of carbonyl (C=O) groups is 1. The molecule has 1 amide bonds. The van der Waals surface area contributed by atoms with E-state index in [1.165, 1.54) is 25.6 Å². The van der Waals surface area contributed by atoms with Crippen LogP contribution in [0.15, 0.2) is 12.1 Å². The molecular weight excluding hydrogens is 375 g/mol. The van der Waals surface area contributed by atoms with Gasteiger partial charge in [-0.2, -0.15) is 30.7 Å². The summed E-state index contributed by atoms with van der Waals surface area (Å²) in [5.41, 5.74) is 1.06. The second-order valence-corrected chi connectivity index (χ2v) is 5.29. The Bertz CT molecular complexity index is 659. The van der Waals surface area contributed by atoms with Gasteiger partial charge < -0.3 is 14.8 Å². The Morgan fingerprint density at radius 1 is 1.00 bits per heavy atom. The fourth-order valence-electron chi connectivity index (χ4n) is 2.05. The van der Waals surface area contributed by atoms with Crippen molar-refractivity contribution in [1.82, 2.24) is 5.32 Å². The Labute approximate surface area is 144 Å². The quantitative estimate of drug-likeness (QED) is 0.724. The molecule has 26 heavy (non-hydrogen) atoms. The number of aryl methyl sites for hydroxylation is 1. The fraction of sp³-hybridized carbons (Fsp3) is 0.533. The van der Waals surface area contributed by atoms with Gasteiger partial charge in [-0.1, -0.05) is 0 Å². The highest BCUT2D eigenvalue weighted by molar-refractivity contribution is 5.84. The number of amides is 1. The first-order chi connectivity index (χ1) is 11.8. The van der Waals surface area contributed by atoms with E-state index in [1.807, 2.05) is 0 Å². The Balaban J connectivity index is 2.87. The highest BCUT2D eigenvalue weighted by Crippen LogP contribution is 2.46. The number of alkyl halides is 7. The number of halogens is 7. The van der Waals surface area contributed by atoms with Crippen LogP contribution in [0.25, 0.3) is 0 Å². The monoisotopic (exact) mass is 391 g/mol. The standard InChI is InChI=1S/C15H16F7NO3/c1-8-6-11(26-3)9(7-10(8)25-2)4-5-23-12(24)13(16,17)14(18,19)15(20,21)22/h6-7H,4-5H2,1-3H3,(H,23,24). The van der Waals surface area contributed by atoms with Gasteiger partial charge in [0.2, 0.25) is 0 Å². The normalized spacial score (nSPS) is 12.7. The van der Waals surface area contributed by atoms with Gasteiger partial charge in [0.05, 0.1) is 14.2 Å². The molecule has 4 nitrogen and oxygen atoms in total. The fourth-order valence-corrected chi connectivity index (χ4v) is 2.05. The molecule has 0 aliphatic heterocycles. The second-order valence-electron chi connectivity index (χ2n) is 5.29. The van der Waals surface area contributed by atoms with Crippen molar-refractivity contribution >= 4 is 5.91 Å². The number of ether oxygens (including phenoxy) is 2. The van der Waals surface area contributed by atoms with Crippen molar-refractivity contribution < 1.29 is 45.0 Å². The molecule has 1 rings (SSSR count). The molecule has 1 aromatic carbocycles. The van der Waals surface area contributed by atoms with Crippen molar-refractivity contribution in [1.29, 1.82) is 0 Å². The van der Waals surface area contributed by atoms with Gasteiger partial charge in [-0.05, 0) is 36.6 Å². The summed E-state index contributed by atoms with van der Waals surface area (Å²) in [6, 6.07) is 3.03. The van der Waals surface area contributed by atoms with Crippen molar-refractivity contribution in [3.8, 4) is 11.5 Å². The predicted octanol–water partition coefficient (Wildman–Crippen LogP) is 3.50.